The molecule has 5 nitrogen and oxygen atoms in total. The third kappa shape index (κ3) is 4.46. The summed E-state index contributed by atoms with van der Waals surface area (Å²) < 4.78 is 66.1. The molecule has 0 saturated carbocycles. The molecule has 0 radical (unpaired) electrons. The quantitative estimate of drug-likeness (QED) is 0.730. The molecule has 0 aliphatic carbocycles. The highest BCUT2D eigenvalue weighted by Gasteiger charge is 2.37. The summed E-state index contributed by atoms with van der Waals surface area (Å²) in [5.74, 6) is 0.148. The average molecular weight is 440 g/mol. The Kier molecular flexibility index (Phi) is 5.71. The first-order chi connectivity index (χ1) is 11.5. The zero-order valence-electron chi connectivity index (χ0n) is 13.5. The molecule has 2 atom stereocenters. The summed E-state index contributed by atoms with van der Waals surface area (Å²) in [6.45, 7) is 4.04. The van der Waals surface area contributed by atoms with Gasteiger partial charge < -0.3 is 4.90 Å². The Bertz CT molecular complexity index is 790. The van der Waals surface area contributed by atoms with Crippen LogP contribution < -0.4 is 4.72 Å². The number of nitrogens with one attached hydrogen (secondary N) is 1. The van der Waals surface area contributed by atoms with Crippen molar-refractivity contribution >= 4 is 26.0 Å². The number of likely N-dealkylation sites (tertiary alicyclic amines) is 1. The third-order valence-corrected chi connectivity index (χ3v) is 6.63. The Morgan fingerprint density at radius 3 is 2.52 bits per heavy atom. The minimum Gasteiger partial charge on any atom is -0.306 e. The molecule has 1 aliphatic rings. The fourth-order valence-electron chi connectivity index (χ4n) is 2.87. The van der Waals surface area contributed by atoms with Gasteiger partial charge in [0.2, 0.25) is 10.0 Å². The molecular formula is C15H17BrF3N3O2S. The van der Waals surface area contributed by atoms with E-state index in [1.807, 2.05) is 20.0 Å². The molecule has 25 heavy (non-hydrogen) atoms. The van der Waals surface area contributed by atoms with E-state index in [9.17, 15) is 21.6 Å². The van der Waals surface area contributed by atoms with Crippen molar-refractivity contribution in [2.24, 2.45) is 5.92 Å². The van der Waals surface area contributed by atoms with Crippen molar-refractivity contribution in [3.05, 3.63) is 28.2 Å². The average Bonchev–Trinajstić information content (AvgIpc) is 2.88. The molecule has 1 fully saturated rings. The highest BCUT2D eigenvalue weighted by atomic mass is 79.9. The predicted molar refractivity (Wildman–Crippen MR) is 88.8 cm³/mol. The van der Waals surface area contributed by atoms with Gasteiger partial charge in [-0.1, -0.05) is 13.8 Å². The van der Waals surface area contributed by atoms with Crippen LogP contribution in [0.2, 0.25) is 0 Å². The van der Waals surface area contributed by atoms with Crippen molar-refractivity contribution in [3.63, 3.8) is 0 Å². The number of nitrogens with zero attached hydrogens (tertiary/aromatic N) is 2. The highest BCUT2D eigenvalue weighted by molar-refractivity contribution is 9.10. The molecule has 1 aromatic carbocycles. The molecule has 1 saturated heterocycles. The summed E-state index contributed by atoms with van der Waals surface area (Å²) in [6, 6.07) is 1.82. The number of alkyl halides is 3. The van der Waals surface area contributed by atoms with Gasteiger partial charge in [0.05, 0.1) is 10.5 Å². The van der Waals surface area contributed by atoms with Crippen molar-refractivity contribution in [2.75, 3.05) is 6.54 Å². The van der Waals surface area contributed by atoms with E-state index < -0.39 is 32.7 Å². The van der Waals surface area contributed by atoms with Crippen LogP contribution in [-0.2, 0) is 16.2 Å². The van der Waals surface area contributed by atoms with Crippen molar-refractivity contribution in [1.82, 2.24) is 9.62 Å². The van der Waals surface area contributed by atoms with Crippen LogP contribution in [0.1, 0.15) is 25.8 Å². The number of rotatable bonds is 4. The van der Waals surface area contributed by atoms with Crippen molar-refractivity contribution in [3.8, 4) is 6.19 Å². The lowest BCUT2D eigenvalue weighted by atomic mass is 10.0. The summed E-state index contributed by atoms with van der Waals surface area (Å²) in [4.78, 5) is 1.03. The van der Waals surface area contributed by atoms with E-state index in [4.69, 9.17) is 5.26 Å². The van der Waals surface area contributed by atoms with Crippen molar-refractivity contribution in [1.29, 1.82) is 5.26 Å². The van der Waals surface area contributed by atoms with E-state index in [1.165, 1.54) is 4.90 Å². The largest absolute Gasteiger partial charge is 0.416 e. The minimum absolute atomic E-state index is 0.0449. The van der Waals surface area contributed by atoms with Crippen molar-refractivity contribution < 1.29 is 21.6 Å². The van der Waals surface area contributed by atoms with Crippen LogP contribution >= 0.6 is 15.9 Å². The summed E-state index contributed by atoms with van der Waals surface area (Å²) in [6.07, 6.45) is -2.19. The van der Waals surface area contributed by atoms with E-state index in [-0.39, 0.29) is 23.0 Å². The van der Waals surface area contributed by atoms with Gasteiger partial charge >= 0.3 is 6.18 Å². The Morgan fingerprint density at radius 1 is 1.40 bits per heavy atom. The van der Waals surface area contributed by atoms with Gasteiger partial charge in [-0.25, -0.2) is 13.1 Å². The van der Waals surface area contributed by atoms with Gasteiger partial charge in [-0.05, 0) is 46.5 Å². The molecule has 10 heteroatoms. The normalized spacial score (nSPS) is 21.6. The molecule has 138 valence electrons. The number of nitriles is 1. The number of sulfonamides is 1. The molecule has 1 aliphatic heterocycles. The fraction of sp³-hybridized carbons (Fsp3) is 0.533. The molecular weight excluding hydrogens is 423 g/mol. The second-order valence-corrected chi connectivity index (χ2v) is 8.80. The topological polar surface area (TPSA) is 73.2 Å². The molecule has 0 amide bonds. The van der Waals surface area contributed by atoms with Crippen LogP contribution in [0.25, 0.3) is 0 Å². The third-order valence-electron chi connectivity index (χ3n) is 4.11. The molecule has 0 bridgehead atoms. The van der Waals surface area contributed by atoms with E-state index in [0.29, 0.717) is 12.5 Å². The van der Waals surface area contributed by atoms with Gasteiger partial charge in [0, 0.05) is 23.1 Å². The summed E-state index contributed by atoms with van der Waals surface area (Å²) in [5.41, 5.74) is -1.04. The van der Waals surface area contributed by atoms with Crippen LogP contribution in [0.15, 0.2) is 27.6 Å². The number of hydrogen-bond acceptors (Lipinski definition) is 4. The molecule has 0 spiro atoms. The van der Waals surface area contributed by atoms with Crippen LogP contribution in [0.4, 0.5) is 13.2 Å². The lowest BCUT2D eigenvalue weighted by Crippen LogP contribution is -2.36. The van der Waals surface area contributed by atoms with Crippen LogP contribution in [-0.4, -0.2) is 31.9 Å². The highest BCUT2D eigenvalue weighted by Crippen LogP contribution is 2.34. The van der Waals surface area contributed by atoms with Gasteiger partial charge in [-0.2, -0.15) is 18.4 Å². The Morgan fingerprint density at radius 2 is 2.04 bits per heavy atom. The summed E-state index contributed by atoms with van der Waals surface area (Å²) >= 11 is 2.99. The first-order valence-corrected chi connectivity index (χ1v) is 9.78. The first kappa shape index (κ1) is 20.0. The molecule has 0 aromatic heterocycles. The molecule has 1 unspecified atom stereocenters. The van der Waals surface area contributed by atoms with E-state index in [1.54, 1.807) is 0 Å². The van der Waals surface area contributed by atoms with Crippen LogP contribution in [0.5, 0.6) is 0 Å². The molecule has 1 aromatic rings. The maximum absolute atomic E-state index is 12.9. The Balaban J connectivity index is 2.28. The molecule has 1 heterocycles. The summed E-state index contributed by atoms with van der Waals surface area (Å²) in [7, 11) is -4.17. The number of hydrogen-bond donors (Lipinski definition) is 1. The van der Waals surface area contributed by atoms with E-state index in [0.717, 1.165) is 12.1 Å². The second-order valence-electron chi connectivity index (χ2n) is 6.26. The smallest absolute Gasteiger partial charge is 0.306 e. The minimum atomic E-state index is -4.64. The maximum atomic E-state index is 12.9. The van der Waals surface area contributed by atoms with E-state index in [2.05, 4.69) is 20.7 Å². The van der Waals surface area contributed by atoms with E-state index >= 15 is 0 Å². The first-order valence-electron chi connectivity index (χ1n) is 7.51. The fourth-order valence-corrected chi connectivity index (χ4v) is 5.10. The number of halogens is 4. The molecule has 1 N–H and O–H groups in total. The van der Waals surface area contributed by atoms with Crippen LogP contribution in [0.3, 0.4) is 0 Å². The zero-order chi connectivity index (χ0) is 19.0. The predicted octanol–water partition coefficient (Wildman–Crippen LogP) is 3.33. The lowest BCUT2D eigenvalue weighted by molar-refractivity contribution is -0.137. The van der Waals surface area contributed by atoms with Crippen LogP contribution in [0, 0.1) is 17.4 Å². The summed E-state index contributed by atoms with van der Waals surface area (Å²) in [5, 5.41) is 9.15. The monoisotopic (exact) mass is 439 g/mol. The second kappa shape index (κ2) is 7.13. The number of benzene rings is 1. The van der Waals surface area contributed by atoms with Gasteiger partial charge in [0.1, 0.15) is 0 Å². The standard InChI is InChI=1S/C15H17BrF3N3O2S/c1-9(2)13-6-11(7-22(13)8-20)21-25(23,24)14-5-10(15(17,18)19)3-4-12(14)16/h3-5,9,11,13,21H,6-7H2,1-2H3/t11?,13-/m1/s1. The lowest BCUT2D eigenvalue weighted by Gasteiger charge is -2.21. The molecule has 2 rings (SSSR count). The van der Waals surface area contributed by atoms with Gasteiger partial charge in [0.25, 0.3) is 0 Å². The van der Waals surface area contributed by atoms with Gasteiger partial charge in [-0.15, -0.1) is 0 Å². The van der Waals surface area contributed by atoms with Gasteiger partial charge in [0.15, 0.2) is 6.19 Å². The Hall–Kier alpha value is -1.31. The maximum Gasteiger partial charge on any atom is 0.416 e. The SMILES string of the molecule is CC(C)[C@H]1CC(NS(=O)(=O)c2cc(C(F)(F)F)ccc2Br)CN1C#N. The van der Waals surface area contributed by atoms with Crippen molar-refractivity contribution in [2.45, 2.75) is 43.4 Å². The van der Waals surface area contributed by atoms with Gasteiger partial charge in [-0.3, -0.25) is 0 Å². The zero-order valence-corrected chi connectivity index (χ0v) is 15.9. The Labute approximate surface area is 153 Å².